The third-order valence-electron chi connectivity index (χ3n) is 2.94. The molecular weight excluding hydrogens is 203 g/mol. The van der Waals surface area contributed by atoms with E-state index < -0.39 is 0 Å². The summed E-state index contributed by atoms with van der Waals surface area (Å²) in [7, 11) is 0. The molecule has 0 unspecified atom stereocenters. The summed E-state index contributed by atoms with van der Waals surface area (Å²) in [6.07, 6.45) is 3.55. The minimum atomic E-state index is -0.191. The molecule has 3 heteroatoms. The minimum absolute atomic E-state index is 0.191. The Morgan fingerprint density at radius 3 is 2.88 bits per heavy atom. The van der Waals surface area contributed by atoms with E-state index in [1.54, 1.807) is 12.1 Å². The fourth-order valence-electron chi connectivity index (χ4n) is 1.96. The molecule has 0 aliphatic carbocycles. The lowest BCUT2D eigenvalue weighted by Gasteiger charge is -2.02. The fourth-order valence-corrected chi connectivity index (χ4v) is 1.96. The van der Waals surface area contributed by atoms with Gasteiger partial charge < -0.3 is 0 Å². The molecule has 2 aromatic rings. The first-order valence-electron chi connectivity index (χ1n) is 5.85. The van der Waals surface area contributed by atoms with Crippen molar-refractivity contribution in [2.45, 2.75) is 39.7 Å². The Hall–Kier alpha value is -1.38. The van der Waals surface area contributed by atoms with E-state index in [0.29, 0.717) is 0 Å². The molecular formula is C13H17FN2. The summed E-state index contributed by atoms with van der Waals surface area (Å²) in [6, 6.07) is 4.77. The van der Waals surface area contributed by atoms with E-state index in [0.717, 1.165) is 29.6 Å². The highest BCUT2D eigenvalue weighted by Crippen LogP contribution is 2.19. The van der Waals surface area contributed by atoms with Crippen molar-refractivity contribution in [2.75, 3.05) is 0 Å². The van der Waals surface area contributed by atoms with Crippen LogP contribution in [0.5, 0.6) is 0 Å². The average molecular weight is 220 g/mol. The lowest BCUT2D eigenvalue weighted by atomic mass is 10.2. The maximum absolute atomic E-state index is 13.1. The number of benzene rings is 1. The number of halogens is 1. The Morgan fingerprint density at radius 1 is 1.31 bits per heavy atom. The molecule has 86 valence electrons. The second-order valence-corrected chi connectivity index (χ2v) is 4.18. The zero-order valence-electron chi connectivity index (χ0n) is 9.83. The monoisotopic (exact) mass is 220 g/mol. The van der Waals surface area contributed by atoms with Gasteiger partial charge >= 0.3 is 0 Å². The zero-order valence-corrected chi connectivity index (χ0v) is 9.83. The Bertz CT molecular complexity index is 488. The van der Waals surface area contributed by atoms with Gasteiger partial charge in [0.25, 0.3) is 0 Å². The van der Waals surface area contributed by atoms with E-state index >= 15 is 0 Å². The van der Waals surface area contributed by atoms with Gasteiger partial charge in [-0.3, -0.25) is 4.68 Å². The van der Waals surface area contributed by atoms with Gasteiger partial charge in [-0.15, -0.1) is 0 Å². The van der Waals surface area contributed by atoms with Gasteiger partial charge in [-0.05, 0) is 31.5 Å². The molecule has 0 bridgehead atoms. The van der Waals surface area contributed by atoms with Gasteiger partial charge in [-0.1, -0.05) is 19.8 Å². The molecule has 0 atom stereocenters. The standard InChI is InChI=1S/C13H17FN2/c1-3-4-5-8-16-10(2)12-9-11(14)6-7-13(12)15-16/h6-7,9H,3-5,8H2,1-2H3. The fraction of sp³-hybridized carbons (Fsp3) is 0.462. The molecule has 0 radical (unpaired) electrons. The third-order valence-corrected chi connectivity index (χ3v) is 2.94. The Kier molecular flexibility index (Phi) is 3.22. The molecule has 2 nitrogen and oxygen atoms in total. The maximum atomic E-state index is 13.1. The van der Waals surface area contributed by atoms with E-state index in [1.165, 1.54) is 18.9 Å². The molecule has 0 N–H and O–H groups in total. The lowest BCUT2D eigenvalue weighted by molar-refractivity contribution is 0.546. The van der Waals surface area contributed by atoms with Crippen molar-refractivity contribution in [1.29, 1.82) is 0 Å². The van der Waals surface area contributed by atoms with Crippen LogP contribution >= 0.6 is 0 Å². The van der Waals surface area contributed by atoms with E-state index in [1.807, 2.05) is 11.6 Å². The highest BCUT2D eigenvalue weighted by atomic mass is 19.1. The summed E-state index contributed by atoms with van der Waals surface area (Å²) >= 11 is 0. The number of hydrogen-bond donors (Lipinski definition) is 0. The molecule has 0 amide bonds. The van der Waals surface area contributed by atoms with Gasteiger partial charge in [0, 0.05) is 17.6 Å². The van der Waals surface area contributed by atoms with Crippen LogP contribution in [-0.4, -0.2) is 9.78 Å². The molecule has 0 spiro atoms. The van der Waals surface area contributed by atoms with Crippen LogP contribution in [0.2, 0.25) is 0 Å². The summed E-state index contributed by atoms with van der Waals surface area (Å²) in [5.41, 5.74) is 1.95. The molecule has 0 saturated carbocycles. The molecule has 1 aromatic carbocycles. The van der Waals surface area contributed by atoms with Crippen LogP contribution in [-0.2, 0) is 6.54 Å². The first-order chi connectivity index (χ1) is 7.72. The average Bonchev–Trinajstić information content (AvgIpc) is 2.57. The largest absolute Gasteiger partial charge is 0.269 e. The highest BCUT2D eigenvalue weighted by molar-refractivity contribution is 5.81. The van der Waals surface area contributed by atoms with E-state index in [-0.39, 0.29) is 5.82 Å². The van der Waals surface area contributed by atoms with Gasteiger partial charge in [-0.25, -0.2) is 4.39 Å². The summed E-state index contributed by atoms with van der Waals surface area (Å²) < 4.78 is 15.1. The number of rotatable bonds is 4. The van der Waals surface area contributed by atoms with Crippen LogP contribution in [0.3, 0.4) is 0 Å². The van der Waals surface area contributed by atoms with Crippen LogP contribution in [0, 0.1) is 12.7 Å². The van der Waals surface area contributed by atoms with Crippen LogP contribution in [0.4, 0.5) is 4.39 Å². The Balaban J connectivity index is 2.29. The van der Waals surface area contributed by atoms with Crippen molar-refractivity contribution in [3.63, 3.8) is 0 Å². The second-order valence-electron chi connectivity index (χ2n) is 4.18. The molecule has 2 rings (SSSR count). The van der Waals surface area contributed by atoms with Crippen LogP contribution in [0.1, 0.15) is 31.9 Å². The second kappa shape index (κ2) is 4.64. The molecule has 1 aromatic heterocycles. The number of aryl methyl sites for hydroxylation is 2. The topological polar surface area (TPSA) is 17.8 Å². The Labute approximate surface area is 95.1 Å². The Morgan fingerprint density at radius 2 is 2.12 bits per heavy atom. The van der Waals surface area contributed by atoms with Gasteiger partial charge in [0.15, 0.2) is 0 Å². The van der Waals surface area contributed by atoms with Gasteiger partial charge in [0.1, 0.15) is 5.82 Å². The molecule has 1 heterocycles. The molecule has 0 saturated heterocycles. The van der Waals surface area contributed by atoms with Crippen molar-refractivity contribution in [1.82, 2.24) is 9.78 Å². The van der Waals surface area contributed by atoms with Gasteiger partial charge in [0.2, 0.25) is 0 Å². The molecule has 16 heavy (non-hydrogen) atoms. The highest BCUT2D eigenvalue weighted by Gasteiger charge is 2.07. The quantitative estimate of drug-likeness (QED) is 0.719. The predicted molar refractivity (Wildman–Crippen MR) is 64.0 cm³/mol. The molecule has 0 fully saturated rings. The summed E-state index contributed by atoms with van der Waals surface area (Å²) in [6.45, 7) is 5.11. The van der Waals surface area contributed by atoms with E-state index in [2.05, 4.69) is 12.0 Å². The molecule has 0 aliphatic rings. The lowest BCUT2D eigenvalue weighted by Crippen LogP contribution is -2.01. The number of hydrogen-bond acceptors (Lipinski definition) is 1. The summed E-state index contributed by atoms with van der Waals surface area (Å²) in [5.74, 6) is -0.191. The van der Waals surface area contributed by atoms with E-state index in [9.17, 15) is 4.39 Å². The predicted octanol–water partition coefficient (Wildman–Crippen LogP) is 3.67. The number of fused-ring (bicyclic) bond motifs is 1. The number of nitrogens with zero attached hydrogens (tertiary/aromatic N) is 2. The number of unbranched alkanes of at least 4 members (excludes halogenated alkanes) is 2. The smallest absolute Gasteiger partial charge is 0.124 e. The minimum Gasteiger partial charge on any atom is -0.269 e. The summed E-state index contributed by atoms with van der Waals surface area (Å²) in [5, 5.41) is 5.40. The van der Waals surface area contributed by atoms with Crippen molar-refractivity contribution in [3.05, 3.63) is 29.7 Å². The third kappa shape index (κ3) is 2.08. The van der Waals surface area contributed by atoms with Crippen molar-refractivity contribution < 1.29 is 4.39 Å². The van der Waals surface area contributed by atoms with Crippen LogP contribution < -0.4 is 0 Å². The van der Waals surface area contributed by atoms with Crippen molar-refractivity contribution in [3.8, 4) is 0 Å². The normalized spacial score (nSPS) is 11.2. The van der Waals surface area contributed by atoms with Gasteiger partial charge in [0.05, 0.1) is 5.52 Å². The summed E-state index contributed by atoms with van der Waals surface area (Å²) in [4.78, 5) is 0. The first-order valence-corrected chi connectivity index (χ1v) is 5.85. The van der Waals surface area contributed by atoms with Crippen molar-refractivity contribution in [2.24, 2.45) is 0 Å². The SMILES string of the molecule is CCCCCn1nc2ccc(F)cc2c1C. The van der Waals surface area contributed by atoms with Crippen LogP contribution in [0.25, 0.3) is 10.9 Å². The van der Waals surface area contributed by atoms with E-state index in [4.69, 9.17) is 0 Å². The first kappa shape index (κ1) is 11.1. The van der Waals surface area contributed by atoms with Gasteiger partial charge in [-0.2, -0.15) is 5.10 Å². The van der Waals surface area contributed by atoms with Crippen LogP contribution in [0.15, 0.2) is 18.2 Å². The van der Waals surface area contributed by atoms with Crippen molar-refractivity contribution >= 4 is 10.9 Å². The zero-order chi connectivity index (χ0) is 11.5. The molecule has 0 aliphatic heterocycles. The number of aromatic nitrogens is 2. The maximum Gasteiger partial charge on any atom is 0.124 e.